The SMILES string of the molecule is CCCCC(NC(=O)c1[nH]c2c(c1C)C(=O)CC(C)(C)C2)C(=O)Nc1cccc2c1CCNC2. The van der Waals surface area contributed by atoms with Gasteiger partial charge in [0.15, 0.2) is 5.78 Å². The first kappa shape index (κ1) is 24.2. The van der Waals surface area contributed by atoms with Gasteiger partial charge in [0.25, 0.3) is 5.91 Å². The average Bonchev–Trinajstić information content (AvgIpc) is 3.11. The van der Waals surface area contributed by atoms with Gasteiger partial charge in [0, 0.05) is 29.9 Å². The van der Waals surface area contributed by atoms with Crippen molar-refractivity contribution < 1.29 is 14.4 Å². The molecule has 4 N–H and O–H groups in total. The van der Waals surface area contributed by atoms with Gasteiger partial charge in [-0.15, -0.1) is 0 Å². The van der Waals surface area contributed by atoms with Crippen molar-refractivity contribution in [3.05, 3.63) is 51.8 Å². The summed E-state index contributed by atoms with van der Waals surface area (Å²) in [5, 5.41) is 9.37. The first-order valence-electron chi connectivity index (χ1n) is 12.4. The summed E-state index contributed by atoms with van der Waals surface area (Å²) in [4.78, 5) is 42.5. The fourth-order valence-electron chi connectivity index (χ4n) is 5.24. The van der Waals surface area contributed by atoms with E-state index in [9.17, 15) is 14.4 Å². The first-order valence-corrected chi connectivity index (χ1v) is 12.4. The Morgan fingerprint density at radius 3 is 2.76 bits per heavy atom. The molecule has 0 spiro atoms. The number of rotatable bonds is 7. The lowest BCUT2D eigenvalue weighted by atomic mass is 9.75. The van der Waals surface area contributed by atoms with Crippen LogP contribution in [-0.2, 0) is 24.2 Å². The van der Waals surface area contributed by atoms with Gasteiger partial charge < -0.3 is 20.9 Å². The van der Waals surface area contributed by atoms with Crippen molar-refractivity contribution >= 4 is 23.3 Å². The molecule has 7 nitrogen and oxygen atoms in total. The van der Waals surface area contributed by atoms with Gasteiger partial charge in [0.05, 0.1) is 0 Å². The van der Waals surface area contributed by atoms with Gasteiger partial charge in [-0.05, 0) is 60.9 Å². The summed E-state index contributed by atoms with van der Waals surface area (Å²) in [5.74, 6) is -0.476. The lowest BCUT2D eigenvalue weighted by molar-refractivity contribution is -0.118. The van der Waals surface area contributed by atoms with E-state index in [0.29, 0.717) is 29.7 Å². The molecule has 4 rings (SSSR count). The number of carbonyl (C=O) groups is 3. The van der Waals surface area contributed by atoms with Crippen molar-refractivity contribution in [2.75, 3.05) is 11.9 Å². The van der Waals surface area contributed by atoms with E-state index in [2.05, 4.69) is 47.8 Å². The van der Waals surface area contributed by atoms with Gasteiger partial charge in [-0.3, -0.25) is 14.4 Å². The Balaban J connectivity index is 1.54. The summed E-state index contributed by atoms with van der Waals surface area (Å²) in [7, 11) is 0. The second-order valence-electron chi connectivity index (χ2n) is 10.4. The molecule has 1 unspecified atom stereocenters. The highest BCUT2D eigenvalue weighted by atomic mass is 16.2. The minimum absolute atomic E-state index is 0.0719. The molecule has 0 saturated carbocycles. The molecule has 2 aliphatic rings. The lowest BCUT2D eigenvalue weighted by Gasteiger charge is -2.28. The van der Waals surface area contributed by atoms with Crippen LogP contribution in [0.1, 0.15) is 89.7 Å². The van der Waals surface area contributed by atoms with Crippen molar-refractivity contribution in [1.82, 2.24) is 15.6 Å². The van der Waals surface area contributed by atoms with Crippen molar-refractivity contribution in [1.29, 1.82) is 0 Å². The Bertz CT molecular complexity index is 1120. The number of amides is 2. The van der Waals surface area contributed by atoms with Crippen LogP contribution in [0.4, 0.5) is 5.69 Å². The van der Waals surface area contributed by atoms with Crippen LogP contribution in [-0.4, -0.2) is 35.2 Å². The topological polar surface area (TPSA) is 103 Å². The third-order valence-electron chi connectivity index (χ3n) is 6.99. The standard InChI is InChI=1S/C27H36N4O3/c1-5-6-9-20(25(33)30-19-10-7-8-17-15-28-12-11-18(17)19)31-26(34)24-16(2)23-21(29-24)13-27(3,4)14-22(23)32/h7-8,10,20,28-29H,5-6,9,11-15H2,1-4H3,(H,30,33)(H,31,34). The Hall–Kier alpha value is -2.93. The van der Waals surface area contributed by atoms with Crippen molar-refractivity contribution in [3.63, 3.8) is 0 Å². The third kappa shape index (κ3) is 4.94. The molecule has 2 heterocycles. The predicted molar refractivity (Wildman–Crippen MR) is 133 cm³/mol. The van der Waals surface area contributed by atoms with E-state index in [4.69, 9.17) is 0 Å². The van der Waals surface area contributed by atoms with E-state index in [1.165, 1.54) is 5.56 Å². The molecule has 0 fully saturated rings. The smallest absolute Gasteiger partial charge is 0.268 e. The van der Waals surface area contributed by atoms with E-state index >= 15 is 0 Å². The normalized spacial score (nSPS) is 17.5. The van der Waals surface area contributed by atoms with Crippen LogP contribution in [0.5, 0.6) is 0 Å². The maximum Gasteiger partial charge on any atom is 0.268 e. The van der Waals surface area contributed by atoms with Crippen LogP contribution >= 0.6 is 0 Å². The summed E-state index contributed by atoms with van der Waals surface area (Å²) < 4.78 is 0. The van der Waals surface area contributed by atoms with Crippen LogP contribution in [0.25, 0.3) is 0 Å². The average molecular weight is 465 g/mol. The Kier molecular flexibility index (Phi) is 6.94. The van der Waals surface area contributed by atoms with Gasteiger partial charge in [0.2, 0.25) is 5.91 Å². The predicted octanol–water partition coefficient (Wildman–Crippen LogP) is 4.05. The van der Waals surface area contributed by atoms with Gasteiger partial charge >= 0.3 is 0 Å². The molecular formula is C27H36N4O3. The van der Waals surface area contributed by atoms with Crippen LogP contribution in [0.3, 0.4) is 0 Å². The zero-order chi connectivity index (χ0) is 24.5. The number of benzene rings is 1. The van der Waals surface area contributed by atoms with Gasteiger partial charge in [-0.2, -0.15) is 0 Å². The van der Waals surface area contributed by atoms with E-state index < -0.39 is 6.04 Å². The molecule has 34 heavy (non-hydrogen) atoms. The first-order chi connectivity index (χ1) is 16.2. The van der Waals surface area contributed by atoms with E-state index in [-0.39, 0.29) is 23.0 Å². The zero-order valence-corrected chi connectivity index (χ0v) is 20.7. The van der Waals surface area contributed by atoms with Crippen LogP contribution in [0.15, 0.2) is 18.2 Å². The summed E-state index contributed by atoms with van der Waals surface area (Å²) >= 11 is 0. The van der Waals surface area contributed by atoms with Crippen molar-refractivity contribution in [2.45, 2.75) is 78.8 Å². The number of aromatic nitrogens is 1. The number of nitrogens with one attached hydrogen (secondary N) is 4. The fraction of sp³-hybridized carbons (Fsp3) is 0.519. The number of fused-ring (bicyclic) bond motifs is 2. The maximum atomic E-state index is 13.3. The molecule has 0 saturated heterocycles. The van der Waals surface area contributed by atoms with Gasteiger partial charge in [-0.25, -0.2) is 0 Å². The molecule has 1 aliphatic heterocycles. The third-order valence-corrected chi connectivity index (χ3v) is 6.99. The Morgan fingerprint density at radius 1 is 1.21 bits per heavy atom. The summed E-state index contributed by atoms with van der Waals surface area (Å²) in [6.45, 7) is 9.67. The monoisotopic (exact) mass is 464 g/mol. The molecule has 1 aliphatic carbocycles. The number of hydrogen-bond donors (Lipinski definition) is 4. The molecule has 2 amide bonds. The molecule has 2 aromatic rings. The molecule has 1 aromatic carbocycles. The van der Waals surface area contributed by atoms with Crippen molar-refractivity contribution in [2.24, 2.45) is 5.41 Å². The number of aromatic amines is 1. The number of ketones is 1. The quantitative estimate of drug-likeness (QED) is 0.496. The minimum Gasteiger partial charge on any atom is -0.354 e. The molecule has 1 atom stereocenters. The number of hydrogen-bond acceptors (Lipinski definition) is 4. The molecular weight excluding hydrogens is 428 g/mol. The van der Waals surface area contributed by atoms with Crippen LogP contribution in [0, 0.1) is 12.3 Å². The van der Waals surface area contributed by atoms with Gasteiger partial charge in [-0.1, -0.05) is 45.7 Å². The molecule has 1 aromatic heterocycles. The van der Waals surface area contributed by atoms with Crippen LogP contribution < -0.4 is 16.0 Å². The second kappa shape index (κ2) is 9.74. The van der Waals surface area contributed by atoms with E-state index in [0.717, 1.165) is 55.7 Å². The highest BCUT2D eigenvalue weighted by Gasteiger charge is 2.35. The number of carbonyl (C=O) groups excluding carboxylic acids is 3. The minimum atomic E-state index is -0.656. The molecule has 0 bridgehead atoms. The maximum absolute atomic E-state index is 13.3. The highest BCUT2D eigenvalue weighted by molar-refractivity contribution is 6.06. The number of Topliss-reactive ketones (excluding diaryl/α,β-unsaturated/α-hetero) is 1. The second-order valence-corrected chi connectivity index (χ2v) is 10.4. The Labute approximate surface area is 201 Å². The number of unbranched alkanes of at least 4 members (excludes halogenated alkanes) is 1. The van der Waals surface area contributed by atoms with Gasteiger partial charge in [0.1, 0.15) is 11.7 Å². The lowest BCUT2D eigenvalue weighted by Crippen LogP contribution is -2.44. The summed E-state index contributed by atoms with van der Waals surface area (Å²) in [6, 6.07) is 5.30. The number of H-pyrrole nitrogens is 1. The molecule has 182 valence electrons. The Morgan fingerprint density at radius 2 is 2.00 bits per heavy atom. The molecule has 0 radical (unpaired) electrons. The van der Waals surface area contributed by atoms with Crippen LogP contribution in [0.2, 0.25) is 0 Å². The number of anilines is 1. The summed E-state index contributed by atoms with van der Waals surface area (Å²) in [5.41, 5.74) is 5.55. The molecule has 7 heteroatoms. The highest BCUT2D eigenvalue weighted by Crippen LogP contribution is 2.36. The fourth-order valence-corrected chi connectivity index (χ4v) is 5.24. The van der Waals surface area contributed by atoms with E-state index in [1.54, 1.807) is 0 Å². The largest absolute Gasteiger partial charge is 0.354 e. The van der Waals surface area contributed by atoms with Crippen molar-refractivity contribution in [3.8, 4) is 0 Å². The zero-order valence-electron chi connectivity index (χ0n) is 20.7. The summed E-state index contributed by atoms with van der Waals surface area (Å²) in [6.07, 6.45) is 4.34. The van der Waals surface area contributed by atoms with E-state index in [1.807, 2.05) is 19.1 Å².